The van der Waals surface area contributed by atoms with E-state index in [2.05, 4.69) is 13.8 Å². The average molecular weight is 348 g/mol. The topological polar surface area (TPSA) is 58.9 Å². The molecule has 2 aliphatic carbocycles. The minimum Gasteiger partial charge on any atom is -0.496 e. The molecule has 0 heterocycles. The number of para-hydroxylation sites is 1. The van der Waals surface area contributed by atoms with Crippen LogP contribution in [0, 0.1) is 17.8 Å². The summed E-state index contributed by atoms with van der Waals surface area (Å²) in [7, 11) is 1.64. The van der Waals surface area contributed by atoms with Crippen LogP contribution in [-0.2, 0) is 4.74 Å². The molecule has 0 amide bonds. The van der Waals surface area contributed by atoms with Gasteiger partial charge in [-0.1, -0.05) is 38.5 Å². The Morgan fingerprint density at radius 2 is 1.84 bits per heavy atom. The molecule has 1 aromatic rings. The first kappa shape index (κ1) is 18.7. The minimum atomic E-state index is -0.492. The van der Waals surface area contributed by atoms with Gasteiger partial charge in [-0.3, -0.25) is 0 Å². The molecule has 4 nitrogen and oxygen atoms in total. The molecule has 25 heavy (non-hydrogen) atoms. The van der Waals surface area contributed by atoms with Gasteiger partial charge in [-0.25, -0.2) is 0 Å². The fourth-order valence-electron chi connectivity index (χ4n) is 4.92. The first-order valence-electron chi connectivity index (χ1n) is 9.62. The van der Waals surface area contributed by atoms with E-state index < -0.39 is 5.60 Å². The second-order valence-corrected chi connectivity index (χ2v) is 7.98. The Morgan fingerprint density at radius 3 is 2.40 bits per heavy atom. The van der Waals surface area contributed by atoms with Gasteiger partial charge in [0.2, 0.25) is 0 Å². The Labute approximate surface area is 151 Å². The molecule has 1 aromatic carbocycles. The van der Waals surface area contributed by atoms with Crippen LogP contribution in [0.4, 0.5) is 0 Å². The highest BCUT2D eigenvalue weighted by molar-refractivity contribution is 5.35. The molecule has 4 heteroatoms. The van der Waals surface area contributed by atoms with Gasteiger partial charge < -0.3 is 19.7 Å². The van der Waals surface area contributed by atoms with E-state index in [9.17, 15) is 10.2 Å². The highest BCUT2D eigenvalue weighted by Crippen LogP contribution is 2.53. The fourth-order valence-corrected chi connectivity index (χ4v) is 4.92. The summed E-state index contributed by atoms with van der Waals surface area (Å²) < 4.78 is 11.7. The predicted molar refractivity (Wildman–Crippen MR) is 97.5 cm³/mol. The molecule has 3 rings (SSSR count). The lowest BCUT2D eigenvalue weighted by molar-refractivity contribution is -0.0533. The van der Waals surface area contributed by atoms with Crippen LogP contribution in [0.3, 0.4) is 0 Å². The Balaban J connectivity index is 1.63. The van der Waals surface area contributed by atoms with Crippen molar-refractivity contribution in [3.63, 3.8) is 0 Å². The van der Waals surface area contributed by atoms with Crippen LogP contribution in [0.1, 0.15) is 57.6 Å². The number of hydrogen-bond acceptors (Lipinski definition) is 4. The lowest BCUT2D eigenvalue weighted by atomic mass is 9.83. The molecule has 2 aliphatic rings. The van der Waals surface area contributed by atoms with Crippen LogP contribution in [-0.4, -0.2) is 35.6 Å². The van der Waals surface area contributed by atoms with Crippen LogP contribution in [0.5, 0.6) is 5.75 Å². The molecular weight excluding hydrogens is 316 g/mol. The lowest BCUT2D eigenvalue weighted by Crippen LogP contribution is -2.34. The van der Waals surface area contributed by atoms with E-state index in [4.69, 9.17) is 9.47 Å². The fraction of sp³-hybridized carbons (Fsp3) is 0.714. The van der Waals surface area contributed by atoms with Crippen molar-refractivity contribution in [2.75, 3.05) is 13.7 Å². The maximum Gasteiger partial charge on any atom is 0.124 e. The second kappa shape index (κ2) is 7.65. The maximum absolute atomic E-state index is 10.9. The summed E-state index contributed by atoms with van der Waals surface area (Å²) in [6.07, 6.45) is 4.57. The van der Waals surface area contributed by atoms with Gasteiger partial charge in [0.05, 0.1) is 25.4 Å². The first-order valence-corrected chi connectivity index (χ1v) is 9.62. The summed E-state index contributed by atoms with van der Waals surface area (Å²) in [6.45, 7) is 4.27. The zero-order valence-corrected chi connectivity index (χ0v) is 15.6. The van der Waals surface area contributed by atoms with Crippen LogP contribution in [0.25, 0.3) is 0 Å². The average Bonchev–Trinajstić information content (AvgIpc) is 3.13. The van der Waals surface area contributed by atoms with Crippen molar-refractivity contribution in [2.24, 2.45) is 17.8 Å². The highest BCUT2D eigenvalue weighted by atomic mass is 16.5. The zero-order chi connectivity index (χ0) is 18.0. The molecule has 0 aliphatic heterocycles. The quantitative estimate of drug-likeness (QED) is 0.789. The molecule has 0 spiro atoms. The molecule has 0 radical (unpaired) electrons. The predicted octanol–water partition coefficient (Wildman–Crippen LogP) is 3.71. The van der Waals surface area contributed by atoms with E-state index in [0.29, 0.717) is 17.8 Å². The van der Waals surface area contributed by atoms with Crippen molar-refractivity contribution in [3.05, 3.63) is 29.8 Å². The zero-order valence-electron chi connectivity index (χ0n) is 15.6. The minimum absolute atomic E-state index is 0.0526. The summed E-state index contributed by atoms with van der Waals surface area (Å²) in [4.78, 5) is 0. The summed E-state index contributed by atoms with van der Waals surface area (Å²) in [6, 6.07) is 7.72. The number of ether oxygens (including phenoxy) is 2. The van der Waals surface area contributed by atoms with Gasteiger partial charge in [0, 0.05) is 5.56 Å². The van der Waals surface area contributed by atoms with E-state index in [0.717, 1.165) is 43.4 Å². The first-order chi connectivity index (χ1) is 12.0. The number of fused-ring (bicyclic) bond motifs is 1. The summed E-state index contributed by atoms with van der Waals surface area (Å²) >= 11 is 0. The number of aliphatic hydroxyl groups excluding tert-OH is 1. The third-order valence-corrected chi connectivity index (χ3v) is 6.57. The Hall–Kier alpha value is -1.10. The second-order valence-electron chi connectivity index (χ2n) is 7.98. The van der Waals surface area contributed by atoms with Gasteiger partial charge >= 0.3 is 0 Å². The van der Waals surface area contributed by atoms with Crippen LogP contribution in [0.2, 0.25) is 0 Å². The molecule has 6 atom stereocenters. The number of aliphatic hydroxyl groups is 2. The van der Waals surface area contributed by atoms with E-state index in [1.165, 1.54) is 0 Å². The highest BCUT2D eigenvalue weighted by Gasteiger charge is 2.51. The molecule has 2 N–H and O–H groups in total. The van der Waals surface area contributed by atoms with Crippen LogP contribution in [0.15, 0.2) is 24.3 Å². The summed E-state index contributed by atoms with van der Waals surface area (Å²) in [5.74, 6) is 2.20. The smallest absolute Gasteiger partial charge is 0.124 e. The molecule has 0 aromatic heterocycles. The van der Waals surface area contributed by atoms with E-state index in [-0.39, 0.29) is 18.8 Å². The van der Waals surface area contributed by atoms with Crippen molar-refractivity contribution in [3.8, 4) is 5.75 Å². The van der Waals surface area contributed by atoms with Gasteiger partial charge in [-0.05, 0) is 49.5 Å². The SMILES string of the molecule is CCC(C)C1(O)C[C@H]2CC(OC(CO)c3ccccc3OC)C[C@H]2C1. The number of methoxy groups -OCH3 is 1. The number of hydrogen-bond donors (Lipinski definition) is 2. The van der Waals surface area contributed by atoms with Crippen LogP contribution < -0.4 is 4.74 Å². The van der Waals surface area contributed by atoms with E-state index >= 15 is 0 Å². The van der Waals surface area contributed by atoms with E-state index in [1.54, 1.807) is 7.11 Å². The number of rotatable bonds is 7. The van der Waals surface area contributed by atoms with Crippen molar-refractivity contribution < 1.29 is 19.7 Å². The molecule has 0 saturated heterocycles. The molecule has 2 fully saturated rings. The van der Waals surface area contributed by atoms with E-state index in [1.807, 2.05) is 24.3 Å². The third kappa shape index (κ3) is 3.71. The van der Waals surface area contributed by atoms with Crippen LogP contribution >= 0.6 is 0 Å². The molecule has 0 bridgehead atoms. The van der Waals surface area contributed by atoms with Gasteiger partial charge in [0.15, 0.2) is 0 Å². The standard InChI is InChI=1S/C21H32O4/c1-4-14(2)21(23)11-15-9-17(10-16(15)12-21)25-20(13-22)18-7-5-6-8-19(18)24-3/h5-8,14-17,20,22-23H,4,9-13H2,1-3H3/t14?,15-,16+,17?,20?,21?. The Bertz CT molecular complexity index is 559. The van der Waals surface area contributed by atoms with Crippen molar-refractivity contribution in [1.29, 1.82) is 0 Å². The maximum atomic E-state index is 10.9. The monoisotopic (exact) mass is 348 g/mol. The number of benzene rings is 1. The molecule has 140 valence electrons. The normalized spacial score (nSPS) is 33.9. The molecule has 4 unspecified atom stereocenters. The summed E-state index contributed by atoms with van der Waals surface area (Å²) in [5.41, 5.74) is 0.411. The Kier molecular flexibility index (Phi) is 5.71. The van der Waals surface area contributed by atoms with Gasteiger partial charge in [0.1, 0.15) is 11.9 Å². The third-order valence-electron chi connectivity index (χ3n) is 6.57. The molecule has 2 saturated carbocycles. The Morgan fingerprint density at radius 1 is 1.20 bits per heavy atom. The largest absolute Gasteiger partial charge is 0.496 e. The summed E-state index contributed by atoms with van der Waals surface area (Å²) in [5, 5.41) is 20.8. The van der Waals surface area contributed by atoms with Crippen molar-refractivity contribution in [1.82, 2.24) is 0 Å². The lowest BCUT2D eigenvalue weighted by Gasteiger charge is -2.31. The van der Waals surface area contributed by atoms with Gasteiger partial charge in [0.25, 0.3) is 0 Å². The van der Waals surface area contributed by atoms with Gasteiger partial charge in [-0.2, -0.15) is 0 Å². The van der Waals surface area contributed by atoms with Gasteiger partial charge in [-0.15, -0.1) is 0 Å². The van der Waals surface area contributed by atoms with Crippen molar-refractivity contribution in [2.45, 2.75) is 63.8 Å². The molecular formula is C21H32O4. The van der Waals surface area contributed by atoms with Crippen molar-refractivity contribution >= 4 is 0 Å².